The Labute approximate surface area is 99.4 Å². The van der Waals surface area contributed by atoms with Gasteiger partial charge in [0.25, 0.3) is 5.91 Å². The minimum absolute atomic E-state index is 0.0920. The van der Waals surface area contributed by atoms with E-state index in [1.165, 1.54) is 6.92 Å². The number of primary amides is 1. The first kappa shape index (κ1) is 12.8. The third-order valence-electron chi connectivity index (χ3n) is 2.19. The monoisotopic (exact) mass is 236 g/mol. The summed E-state index contributed by atoms with van der Waals surface area (Å²) in [5.74, 6) is -0.654. The zero-order valence-corrected chi connectivity index (χ0v) is 9.62. The topological polar surface area (TPSA) is 110 Å². The van der Waals surface area contributed by atoms with Crippen LogP contribution in [0.1, 0.15) is 17.3 Å². The Kier molecular flexibility index (Phi) is 4.33. The maximum Gasteiger partial charge on any atom is 0.250 e. The van der Waals surface area contributed by atoms with Gasteiger partial charge in [-0.2, -0.15) is 0 Å². The summed E-state index contributed by atoms with van der Waals surface area (Å²) in [7, 11) is 0. The number of hydrogen-bond donors (Lipinski definition) is 4. The van der Waals surface area contributed by atoms with Crippen LogP contribution >= 0.6 is 0 Å². The zero-order chi connectivity index (χ0) is 12.8. The fourth-order valence-electron chi connectivity index (χ4n) is 1.37. The van der Waals surface area contributed by atoms with Gasteiger partial charge in [-0.1, -0.05) is 6.07 Å². The highest BCUT2D eigenvalue weighted by molar-refractivity contribution is 6.00. The Morgan fingerprint density at radius 1 is 1.29 bits per heavy atom. The molecule has 0 aliphatic rings. The number of rotatable bonds is 5. The molecule has 6 nitrogen and oxygen atoms in total. The number of carbonyl (C=O) groups is 2. The van der Waals surface area contributed by atoms with Gasteiger partial charge in [0.15, 0.2) is 0 Å². The molecule has 92 valence electrons. The van der Waals surface area contributed by atoms with Gasteiger partial charge < -0.3 is 22.1 Å². The van der Waals surface area contributed by atoms with E-state index in [9.17, 15) is 9.59 Å². The summed E-state index contributed by atoms with van der Waals surface area (Å²) in [5.41, 5.74) is 12.2. The quantitative estimate of drug-likeness (QED) is 0.423. The zero-order valence-electron chi connectivity index (χ0n) is 9.62. The fourth-order valence-corrected chi connectivity index (χ4v) is 1.37. The van der Waals surface area contributed by atoms with Crippen molar-refractivity contribution in [1.29, 1.82) is 0 Å². The highest BCUT2D eigenvalue weighted by Gasteiger charge is 2.08. The van der Waals surface area contributed by atoms with Crippen LogP contribution in [0.15, 0.2) is 18.2 Å². The molecule has 17 heavy (non-hydrogen) atoms. The lowest BCUT2D eigenvalue weighted by Crippen LogP contribution is -2.26. The molecule has 1 rings (SSSR count). The van der Waals surface area contributed by atoms with Gasteiger partial charge in [-0.15, -0.1) is 0 Å². The van der Waals surface area contributed by atoms with Crippen LogP contribution in [-0.2, 0) is 4.79 Å². The summed E-state index contributed by atoms with van der Waals surface area (Å²) in [6.45, 7) is 2.45. The van der Waals surface area contributed by atoms with Crippen LogP contribution in [0.4, 0.5) is 11.4 Å². The molecule has 0 bridgehead atoms. The number of hydrogen-bond acceptors (Lipinski definition) is 4. The highest BCUT2D eigenvalue weighted by atomic mass is 16.1. The van der Waals surface area contributed by atoms with E-state index in [2.05, 4.69) is 10.6 Å². The second kappa shape index (κ2) is 5.74. The normalized spacial score (nSPS) is 9.71. The van der Waals surface area contributed by atoms with Crippen molar-refractivity contribution in [2.45, 2.75) is 6.92 Å². The molecular formula is C11H16N4O2. The average Bonchev–Trinajstić information content (AvgIpc) is 2.25. The third-order valence-corrected chi connectivity index (χ3v) is 2.19. The van der Waals surface area contributed by atoms with Crippen molar-refractivity contribution >= 4 is 23.2 Å². The summed E-state index contributed by atoms with van der Waals surface area (Å²) in [6, 6.07) is 5.00. The van der Waals surface area contributed by atoms with Gasteiger partial charge in [-0.25, -0.2) is 0 Å². The third kappa shape index (κ3) is 3.67. The lowest BCUT2D eigenvalue weighted by Gasteiger charge is -2.11. The molecular weight excluding hydrogens is 220 g/mol. The minimum atomic E-state index is -0.562. The summed E-state index contributed by atoms with van der Waals surface area (Å²) in [5, 5.41) is 5.65. The maximum absolute atomic E-state index is 11.1. The Hall–Kier alpha value is -2.24. The molecule has 1 aromatic rings. The van der Waals surface area contributed by atoms with E-state index >= 15 is 0 Å². The molecule has 0 fully saturated rings. The van der Waals surface area contributed by atoms with E-state index in [-0.39, 0.29) is 11.5 Å². The second-order valence-corrected chi connectivity index (χ2v) is 3.54. The molecule has 0 spiro atoms. The number of nitrogens with two attached hydrogens (primary N) is 2. The Bertz CT molecular complexity index is 431. The smallest absolute Gasteiger partial charge is 0.250 e. The molecule has 2 amide bonds. The van der Waals surface area contributed by atoms with Crippen LogP contribution in [0.2, 0.25) is 0 Å². The molecule has 0 heterocycles. The molecule has 0 aliphatic heterocycles. The number of carbonyl (C=O) groups excluding carboxylic acids is 2. The van der Waals surface area contributed by atoms with Gasteiger partial charge >= 0.3 is 0 Å². The van der Waals surface area contributed by atoms with Gasteiger partial charge in [-0.05, 0) is 12.1 Å². The molecule has 6 N–H and O–H groups in total. The van der Waals surface area contributed by atoms with Crippen molar-refractivity contribution < 1.29 is 9.59 Å². The lowest BCUT2D eigenvalue weighted by atomic mass is 10.1. The lowest BCUT2D eigenvalue weighted by molar-refractivity contribution is -0.118. The van der Waals surface area contributed by atoms with Crippen molar-refractivity contribution in [3.8, 4) is 0 Å². The van der Waals surface area contributed by atoms with Crippen molar-refractivity contribution in [3.05, 3.63) is 23.8 Å². The highest BCUT2D eigenvalue weighted by Crippen LogP contribution is 2.21. The van der Waals surface area contributed by atoms with Crippen LogP contribution < -0.4 is 22.1 Å². The second-order valence-electron chi connectivity index (χ2n) is 3.54. The molecule has 0 unspecified atom stereocenters. The summed E-state index contributed by atoms with van der Waals surface area (Å²) >= 11 is 0. The van der Waals surface area contributed by atoms with Crippen LogP contribution in [0, 0.1) is 0 Å². The van der Waals surface area contributed by atoms with E-state index in [1.54, 1.807) is 18.2 Å². The van der Waals surface area contributed by atoms with Gasteiger partial charge in [0.1, 0.15) is 0 Å². The van der Waals surface area contributed by atoms with Gasteiger partial charge in [0.05, 0.1) is 16.9 Å². The van der Waals surface area contributed by atoms with E-state index in [0.29, 0.717) is 24.5 Å². The Balaban J connectivity index is 2.62. The number of nitrogens with one attached hydrogen (secondary N) is 2. The Morgan fingerprint density at radius 3 is 2.59 bits per heavy atom. The first-order valence-electron chi connectivity index (χ1n) is 5.19. The summed E-state index contributed by atoms with van der Waals surface area (Å²) in [4.78, 5) is 21.7. The number of benzene rings is 1. The molecule has 0 atom stereocenters. The molecule has 0 aliphatic carbocycles. The first-order valence-corrected chi connectivity index (χ1v) is 5.19. The first-order chi connectivity index (χ1) is 8.02. The number of nitrogen functional groups attached to an aromatic ring is 1. The van der Waals surface area contributed by atoms with Gasteiger partial charge in [0.2, 0.25) is 5.91 Å². The largest absolute Gasteiger partial charge is 0.396 e. The fraction of sp³-hybridized carbons (Fsp3) is 0.273. The predicted molar refractivity (Wildman–Crippen MR) is 66.5 cm³/mol. The SMILES string of the molecule is CC(=O)NCCNc1cccc(C(N)=O)c1N. The molecule has 6 heteroatoms. The van der Waals surface area contributed by atoms with Gasteiger partial charge in [-0.3, -0.25) is 9.59 Å². The summed E-state index contributed by atoms with van der Waals surface area (Å²) in [6.07, 6.45) is 0. The van der Waals surface area contributed by atoms with Gasteiger partial charge in [0, 0.05) is 20.0 Å². The van der Waals surface area contributed by atoms with Crippen LogP contribution in [-0.4, -0.2) is 24.9 Å². The van der Waals surface area contributed by atoms with Crippen molar-refractivity contribution in [2.24, 2.45) is 5.73 Å². The van der Waals surface area contributed by atoms with E-state index in [4.69, 9.17) is 11.5 Å². The average molecular weight is 236 g/mol. The predicted octanol–water partition coefficient (Wildman–Crippen LogP) is -0.0843. The van der Waals surface area contributed by atoms with Crippen molar-refractivity contribution in [3.63, 3.8) is 0 Å². The molecule has 1 aromatic carbocycles. The molecule has 0 saturated heterocycles. The van der Waals surface area contributed by atoms with E-state index < -0.39 is 5.91 Å². The Morgan fingerprint density at radius 2 is 2.00 bits per heavy atom. The number of anilines is 2. The van der Waals surface area contributed by atoms with Crippen LogP contribution in [0.3, 0.4) is 0 Å². The standard InChI is InChI=1S/C11H16N4O2/c1-7(16)14-5-6-15-9-4-2-3-8(10(9)12)11(13)17/h2-4,15H,5-6,12H2,1H3,(H2,13,17)(H,14,16). The van der Waals surface area contributed by atoms with Crippen LogP contribution in [0.5, 0.6) is 0 Å². The van der Waals surface area contributed by atoms with E-state index in [0.717, 1.165) is 0 Å². The summed E-state index contributed by atoms with van der Waals surface area (Å²) < 4.78 is 0. The maximum atomic E-state index is 11.1. The minimum Gasteiger partial charge on any atom is -0.396 e. The van der Waals surface area contributed by atoms with E-state index in [1.807, 2.05) is 0 Å². The number of amides is 2. The van der Waals surface area contributed by atoms with Crippen LogP contribution in [0.25, 0.3) is 0 Å². The molecule has 0 saturated carbocycles. The van der Waals surface area contributed by atoms with Crippen molar-refractivity contribution in [1.82, 2.24) is 5.32 Å². The van der Waals surface area contributed by atoms with Crippen molar-refractivity contribution in [2.75, 3.05) is 24.1 Å². The molecule has 0 aromatic heterocycles. The molecule has 0 radical (unpaired) electrons. The number of para-hydroxylation sites is 1.